The van der Waals surface area contributed by atoms with E-state index in [1.807, 2.05) is 28.5 Å². The zero-order valence-electron chi connectivity index (χ0n) is 23.3. The van der Waals surface area contributed by atoms with E-state index in [-0.39, 0.29) is 18.3 Å². The normalized spacial score (nSPS) is 16.0. The van der Waals surface area contributed by atoms with Crippen LogP contribution in [0.2, 0.25) is 0 Å². The molecule has 1 N–H and O–H groups in total. The van der Waals surface area contributed by atoms with Gasteiger partial charge in [-0.2, -0.15) is 18.3 Å². The number of carbonyl (C=O) groups is 2. The number of likely N-dealkylation sites (tertiary alicyclic amines) is 1. The first-order valence-electron chi connectivity index (χ1n) is 14.0. The molecule has 3 aromatic heterocycles. The second kappa shape index (κ2) is 11.5. The quantitative estimate of drug-likeness (QED) is 0.238. The number of carboxylic acid groups (broad SMARTS) is 1. The Kier molecular flexibility index (Phi) is 7.72. The van der Waals surface area contributed by atoms with Crippen LogP contribution in [0.5, 0.6) is 5.75 Å². The summed E-state index contributed by atoms with van der Waals surface area (Å²) in [7, 11) is 0. The molecule has 4 aromatic rings. The molecule has 0 atom stereocenters. The molecule has 0 radical (unpaired) electrons. The second-order valence-electron chi connectivity index (χ2n) is 11.0. The first kappa shape index (κ1) is 28.9. The van der Waals surface area contributed by atoms with E-state index in [4.69, 9.17) is 4.74 Å². The maximum Gasteiger partial charge on any atom is 0.434 e. The van der Waals surface area contributed by atoms with Crippen molar-refractivity contribution in [1.29, 1.82) is 0 Å². The number of pyridine rings is 1. The van der Waals surface area contributed by atoms with Gasteiger partial charge >= 0.3 is 12.1 Å². The Labute approximate surface area is 249 Å². The third-order valence-corrected chi connectivity index (χ3v) is 8.99. The van der Waals surface area contributed by atoms with Crippen LogP contribution in [0.15, 0.2) is 54.0 Å². The van der Waals surface area contributed by atoms with Crippen molar-refractivity contribution in [2.24, 2.45) is 5.92 Å². The summed E-state index contributed by atoms with van der Waals surface area (Å²) in [6.07, 6.45) is -0.313. The number of nitrogens with zero attached hydrogens (tertiary/aromatic N) is 4. The number of hydrogen-bond acceptors (Lipinski definition) is 6. The minimum absolute atomic E-state index is 0.147. The van der Waals surface area contributed by atoms with Crippen LogP contribution in [0.4, 0.5) is 13.2 Å². The van der Waals surface area contributed by atoms with E-state index in [0.717, 1.165) is 54.8 Å². The van der Waals surface area contributed by atoms with Gasteiger partial charge in [-0.3, -0.25) is 4.79 Å². The predicted octanol–water partition coefficient (Wildman–Crippen LogP) is 6.72. The highest BCUT2D eigenvalue weighted by atomic mass is 32.1. The van der Waals surface area contributed by atoms with Gasteiger partial charge in [0.05, 0.1) is 16.8 Å². The molecule has 43 heavy (non-hydrogen) atoms. The maximum absolute atomic E-state index is 13.7. The molecule has 4 heterocycles. The lowest BCUT2D eigenvalue weighted by atomic mass is 9.86. The van der Waals surface area contributed by atoms with Crippen molar-refractivity contribution in [3.8, 4) is 22.1 Å². The van der Waals surface area contributed by atoms with Gasteiger partial charge in [-0.25, -0.2) is 14.5 Å². The number of carbonyl (C=O) groups excluding carboxylic acids is 1. The SMILES string of the molecule is Cc1cc(OCc2ccsc2-c2cccc(-n3ncc(C(=O)O)c3C(F)(F)F)n2)ccc1C1CCN(C(=O)C2CC2)CC1. The molecule has 0 unspecified atom stereocenters. The Hall–Kier alpha value is -4.19. The van der Waals surface area contributed by atoms with Crippen LogP contribution < -0.4 is 4.74 Å². The number of amides is 1. The molecule has 1 saturated carbocycles. The number of ether oxygens (including phenoxy) is 1. The first-order valence-corrected chi connectivity index (χ1v) is 14.9. The summed E-state index contributed by atoms with van der Waals surface area (Å²) < 4.78 is 47.8. The van der Waals surface area contributed by atoms with Crippen molar-refractivity contribution in [2.75, 3.05) is 13.1 Å². The number of rotatable bonds is 8. The molecule has 1 aliphatic carbocycles. The Morgan fingerprint density at radius 1 is 1.09 bits per heavy atom. The van der Waals surface area contributed by atoms with E-state index >= 15 is 0 Å². The number of thiophene rings is 1. The predicted molar refractivity (Wildman–Crippen MR) is 153 cm³/mol. The van der Waals surface area contributed by atoms with Crippen molar-refractivity contribution in [3.63, 3.8) is 0 Å². The fourth-order valence-corrected chi connectivity index (χ4v) is 6.53. The van der Waals surface area contributed by atoms with Crippen LogP contribution in [0.1, 0.15) is 64.3 Å². The lowest BCUT2D eigenvalue weighted by Gasteiger charge is -2.33. The Bertz CT molecular complexity index is 1670. The zero-order valence-corrected chi connectivity index (χ0v) is 24.1. The standard InChI is InChI=1S/C31H29F3N4O4S/c1-18-15-22(7-8-23(18)19-9-12-37(13-10-19)29(39)20-5-6-20)42-17-21-11-14-43-27(21)25-3-2-4-26(36-25)38-28(31(32,33)34)24(16-35-38)30(40)41/h2-4,7-8,11,14-16,19-20H,5-6,9-10,12-13,17H2,1H3,(H,40,41). The van der Waals surface area contributed by atoms with Crippen molar-refractivity contribution >= 4 is 23.2 Å². The van der Waals surface area contributed by atoms with Gasteiger partial charge in [-0.1, -0.05) is 12.1 Å². The Morgan fingerprint density at radius 2 is 1.86 bits per heavy atom. The fraction of sp³-hybridized carbons (Fsp3) is 0.355. The molecule has 0 bridgehead atoms. The van der Waals surface area contributed by atoms with Crippen LogP contribution in [0, 0.1) is 12.8 Å². The molecule has 1 saturated heterocycles. The van der Waals surface area contributed by atoms with Crippen LogP contribution in [0.3, 0.4) is 0 Å². The molecule has 2 fully saturated rings. The molecule has 12 heteroatoms. The van der Waals surface area contributed by atoms with Crippen LogP contribution >= 0.6 is 11.3 Å². The number of aryl methyl sites for hydroxylation is 1. The molecule has 2 aliphatic rings. The smallest absolute Gasteiger partial charge is 0.434 e. The summed E-state index contributed by atoms with van der Waals surface area (Å²) in [5, 5.41) is 14.8. The second-order valence-corrected chi connectivity index (χ2v) is 11.9. The van der Waals surface area contributed by atoms with Gasteiger partial charge in [-0.05, 0) is 85.4 Å². The lowest BCUT2D eigenvalue weighted by molar-refractivity contribution is -0.143. The Morgan fingerprint density at radius 3 is 2.53 bits per heavy atom. The molecule has 0 spiro atoms. The summed E-state index contributed by atoms with van der Waals surface area (Å²) in [5.41, 5.74) is 1.29. The van der Waals surface area contributed by atoms with Gasteiger partial charge < -0.3 is 14.7 Å². The van der Waals surface area contributed by atoms with Crippen molar-refractivity contribution in [3.05, 3.63) is 82.0 Å². The number of carboxylic acids is 1. The van der Waals surface area contributed by atoms with Gasteiger partial charge in [0.25, 0.3) is 0 Å². The van der Waals surface area contributed by atoms with Crippen molar-refractivity contribution < 1.29 is 32.6 Å². The van der Waals surface area contributed by atoms with Crippen LogP contribution in [-0.4, -0.2) is 49.7 Å². The van der Waals surface area contributed by atoms with E-state index in [0.29, 0.717) is 34.1 Å². The number of alkyl halides is 3. The number of halogens is 3. The van der Waals surface area contributed by atoms with Gasteiger partial charge in [0, 0.05) is 24.6 Å². The maximum atomic E-state index is 13.7. The first-order chi connectivity index (χ1) is 20.6. The molecule has 6 rings (SSSR count). The Balaban J connectivity index is 1.15. The average Bonchev–Trinajstić information content (AvgIpc) is 3.54. The molecule has 1 amide bonds. The van der Waals surface area contributed by atoms with Crippen LogP contribution in [-0.2, 0) is 17.6 Å². The minimum Gasteiger partial charge on any atom is -0.489 e. The van der Waals surface area contributed by atoms with Crippen molar-refractivity contribution in [1.82, 2.24) is 19.7 Å². The van der Waals surface area contributed by atoms with Crippen molar-refractivity contribution in [2.45, 2.75) is 51.3 Å². The fourth-order valence-electron chi connectivity index (χ4n) is 5.65. The van der Waals surface area contributed by atoms with Crippen LogP contribution in [0.25, 0.3) is 16.4 Å². The number of hydrogen-bond donors (Lipinski definition) is 1. The molecule has 1 aliphatic heterocycles. The van der Waals surface area contributed by atoms with Gasteiger partial charge in [-0.15, -0.1) is 11.3 Å². The molecular formula is C31H29F3N4O4S. The summed E-state index contributed by atoms with van der Waals surface area (Å²) in [4.78, 5) is 30.9. The van der Waals surface area contributed by atoms with Gasteiger partial charge in [0.2, 0.25) is 5.91 Å². The monoisotopic (exact) mass is 610 g/mol. The van der Waals surface area contributed by atoms with E-state index < -0.39 is 23.4 Å². The number of aromatic carboxylic acids is 1. The number of piperidine rings is 1. The third kappa shape index (κ3) is 6.01. The van der Waals surface area contributed by atoms with E-state index in [2.05, 4.69) is 23.1 Å². The highest BCUT2D eigenvalue weighted by Crippen LogP contribution is 2.37. The minimum atomic E-state index is -4.94. The van der Waals surface area contributed by atoms with E-state index in [9.17, 15) is 27.9 Å². The summed E-state index contributed by atoms with van der Waals surface area (Å²) in [6, 6.07) is 12.5. The number of aromatic nitrogens is 3. The zero-order chi connectivity index (χ0) is 30.3. The molecule has 8 nitrogen and oxygen atoms in total. The lowest BCUT2D eigenvalue weighted by Crippen LogP contribution is -2.38. The highest BCUT2D eigenvalue weighted by molar-refractivity contribution is 7.13. The molecule has 1 aromatic carbocycles. The average molecular weight is 611 g/mol. The number of benzene rings is 1. The van der Waals surface area contributed by atoms with Gasteiger partial charge in [0.1, 0.15) is 17.9 Å². The largest absolute Gasteiger partial charge is 0.489 e. The summed E-state index contributed by atoms with van der Waals surface area (Å²) in [6.45, 7) is 3.89. The molecular weight excluding hydrogens is 581 g/mol. The highest BCUT2D eigenvalue weighted by Gasteiger charge is 2.41. The third-order valence-electron chi connectivity index (χ3n) is 8.01. The van der Waals surface area contributed by atoms with E-state index in [1.54, 1.807) is 12.1 Å². The van der Waals surface area contributed by atoms with E-state index in [1.165, 1.54) is 23.0 Å². The molecule has 224 valence electrons. The topological polar surface area (TPSA) is 97.6 Å². The summed E-state index contributed by atoms with van der Waals surface area (Å²) >= 11 is 1.38. The van der Waals surface area contributed by atoms with Gasteiger partial charge in [0.15, 0.2) is 11.5 Å². The summed E-state index contributed by atoms with van der Waals surface area (Å²) in [5.74, 6) is -0.197.